The van der Waals surface area contributed by atoms with E-state index in [-0.39, 0.29) is 17.9 Å². The third-order valence-corrected chi connectivity index (χ3v) is 10.7. The van der Waals surface area contributed by atoms with Crippen LogP contribution in [0.3, 0.4) is 0 Å². The van der Waals surface area contributed by atoms with Gasteiger partial charge in [-0.15, -0.1) is 6.58 Å². The van der Waals surface area contributed by atoms with E-state index in [0.717, 1.165) is 64.5 Å². The predicted molar refractivity (Wildman–Crippen MR) is 205 cm³/mol. The van der Waals surface area contributed by atoms with Crippen molar-refractivity contribution in [3.05, 3.63) is 12.7 Å². The molecule has 0 aromatic heterocycles. The predicted octanol–water partition coefficient (Wildman–Crippen LogP) is 12.4. The lowest BCUT2D eigenvalue weighted by atomic mass is 9.91. The summed E-state index contributed by atoms with van der Waals surface area (Å²) in [6, 6.07) is 0. The van der Waals surface area contributed by atoms with E-state index < -0.39 is 0 Å². The van der Waals surface area contributed by atoms with Gasteiger partial charge < -0.3 is 14.4 Å². The fraction of sp³-hybridized carbons (Fsp3) is 0.907. The molecule has 2 atom stereocenters. The minimum atomic E-state index is -0.0204. The summed E-state index contributed by atoms with van der Waals surface area (Å²) in [5.74, 6) is 1.14. The van der Waals surface area contributed by atoms with Crippen molar-refractivity contribution in [2.45, 2.75) is 200 Å². The number of esters is 2. The Balaban J connectivity index is 2.32. The lowest BCUT2D eigenvalue weighted by molar-refractivity contribution is -0.149. The topological polar surface area (TPSA) is 55.8 Å². The second-order valence-corrected chi connectivity index (χ2v) is 15.3. The van der Waals surface area contributed by atoms with Crippen LogP contribution in [0, 0.1) is 17.8 Å². The zero-order valence-corrected chi connectivity index (χ0v) is 32.4. The van der Waals surface area contributed by atoms with Gasteiger partial charge in [0.1, 0.15) is 0 Å². The summed E-state index contributed by atoms with van der Waals surface area (Å²) in [6.07, 6.45) is 37.2. The fourth-order valence-electron chi connectivity index (χ4n) is 7.34. The minimum absolute atomic E-state index is 0.00417. The number of hydrogen-bond acceptors (Lipinski definition) is 5. The summed E-state index contributed by atoms with van der Waals surface area (Å²) in [6.45, 7) is 11.3. The number of likely N-dealkylation sites (tertiary alicyclic amines) is 1. The van der Waals surface area contributed by atoms with E-state index >= 15 is 0 Å². The van der Waals surface area contributed by atoms with Crippen LogP contribution in [0.25, 0.3) is 0 Å². The average molecular weight is 676 g/mol. The molecule has 0 spiro atoms. The first kappa shape index (κ1) is 44.7. The molecule has 0 amide bonds. The quantitative estimate of drug-likeness (QED) is 0.0380. The number of hydrogen-bond donors (Lipinski definition) is 0. The van der Waals surface area contributed by atoms with Gasteiger partial charge in [-0.3, -0.25) is 9.59 Å². The Morgan fingerprint density at radius 3 is 1.69 bits per heavy atom. The van der Waals surface area contributed by atoms with Crippen LogP contribution in [0.4, 0.5) is 0 Å². The van der Waals surface area contributed by atoms with Crippen molar-refractivity contribution in [2.75, 3.05) is 33.4 Å². The molecule has 0 bridgehead atoms. The molecule has 1 fully saturated rings. The van der Waals surface area contributed by atoms with Crippen molar-refractivity contribution in [1.29, 1.82) is 0 Å². The van der Waals surface area contributed by atoms with Crippen molar-refractivity contribution in [3.63, 3.8) is 0 Å². The molecular formula is C43H81NO4. The minimum Gasteiger partial charge on any atom is -0.466 e. The zero-order valence-electron chi connectivity index (χ0n) is 32.4. The first-order chi connectivity index (χ1) is 23.5. The molecule has 5 nitrogen and oxygen atoms in total. The number of nitrogens with zero attached hydrogens (tertiary/aromatic N) is 1. The van der Waals surface area contributed by atoms with E-state index in [1.54, 1.807) is 0 Å². The molecule has 0 radical (unpaired) electrons. The lowest BCUT2D eigenvalue weighted by Crippen LogP contribution is -2.24. The van der Waals surface area contributed by atoms with Gasteiger partial charge in [0.2, 0.25) is 0 Å². The third-order valence-electron chi connectivity index (χ3n) is 10.7. The standard InChI is InChI=1S/C43H81NO4/c1-5-8-11-14-17-18-21-25-30-40(38-48-43(46)41-33-35-44(4)37-41)31-26-22-27-32-42(45)47-36-34-39(28-23-19-15-12-9-6-2)29-24-20-16-13-10-7-3/h5,39-41H,1,6-38H2,2-4H3. The van der Waals surface area contributed by atoms with Crippen LogP contribution in [-0.2, 0) is 19.1 Å². The van der Waals surface area contributed by atoms with Crippen LogP contribution in [0.15, 0.2) is 12.7 Å². The molecule has 2 unspecified atom stereocenters. The maximum Gasteiger partial charge on any atom is 0.310 e. The number of carbonyl (C=O) groups is 2. The van der Waals surface area contributed by atoms with E-state index in [2.05, 4.69) is 32.4 Å². The van der Waals surface area contributed by atoms with Crippen molar-refractivity contribution in [2.24, 2.45) is 17.8 Å². The highest BCUT2D eigenvalue weighted by Crippen LogP contribution is 2.24. The lowest BCUT2D eigenvalue weighted by Gasteiger charge is -2.19. The van der Waals surface area contributed by atoms with E-state index in [4.69, 9.17) is 9.47 Å². The van der Waals surface area contributed by atoms with Crippen LogP contribution >= 0.6 is 0 Å². The van der Waals surface area contributed by atoms with Gasteiger partial charge in [-0.05, 0) is 70.4 Å². The Morgan fingerprint density at radius 1 is 0.667 bits per heavy atom. The van der Waals surface area contributed by atoms with Gasteiger partial charge in [0, 0.05) is 13.0 Å². The van der Waals surface area contributed by atoms with E-state index in [1.807, 2.05) is 6.08 Å². The Labute approximate surface area is 299 Å². The van der Waals surface area contributed by atoms with Crippen molar-refractivity contribution in [1.82, 2.24) is 4.90 Å². The second-order valence-electron chi connectivity index (χ2n) is 15.3. The molecule has 0 aromatic carbocycles. The summed E-state index contributed by atoms with van der Waals surface area (Å²) in [5, 5.41) is 0. The highest BCUT2D eigenvalue weighted by molar-refractivity contribution is 5.73. The zero-order chi connectivity index (χ0) is 34.9. The van der Waals surface area contributed by atoms with Gasteiger partial charge in [-0.1, -0.05) is 155 Å². The Hall–Kier alpha value is -1.36. The van der Waals surface area contributed by atoms with Crippen molar-refractivity contribution in [3.8, 4) is 0 Å². The molecule has 48 heavy (non-hydrogen) atoms. The third kappa shape index (κ3) is 26.5. The SMILES string of the molecule is C=CCCCCCCCCC(CCCCCC(=O)OCCC(CCCCCCCC)CCCCCCCC)COC(=O)C1CCN(C)C1. The molecule has 5 heteroatoms. The number of carbonyl (C=O) groups excluding carboxylic acids is 2. The molecule has 1 rings (SSSR count). The van der Waals surface area contributed by atoms with Crippen molar-refractivity contribution >= 4 is 11.9 Å². The monoisotopic (exact) mass is 676 g/mol. The molecule has 0 aliphatic carbocycles. The van der Waals surface area contributed by atoms with Gasteiger partial charge in [-0.2, -0.15) is 0 Å². The Morgan fingerprint density at radius 2 is 1.17 bits per heavy atom. The first-order valence-corrected chi connectivity index (χ1v) is 21.1. The van der Waals surface area contributed by atoms with Gasteiger partial charge in [-0.25, -0.2) is 0 Å². The van der Waals surface area contributed by atoms with Crippen LogP contribution in [-0.4, -0.2) is 50.2 Å². The number of unbranched alkanes of at least 4 members (excludes halogenated alkanes) is 18. The highest BCUT2D eigenvalue weighted by Gasteiger charge is 2.28. The molecular weight excluding hydrogens is 594 g/mol. The smallest absolute Gasteiger partial charge is 0.310 e. The fourth-order valence-corrected chi connectivity index (χ4v) is 7.34. The Kier molecular flexibility index (Phi) is 30.5. The van der Waals surface area contributed by atoms with E-state index in [0.29, 0.717) is 31.5 Å². The molecule has 1 heterocycles. The molecule has 0 saturated carbocycles. The van der Waals surface area contributed by atoms with Gasteiger partial charge in [0.05, 0.1) is 19.1 Å². The van der Waals surface area contributed by atoms with E-state index in [1.165, 1.54) is 128 Å². The van der Waals surface area contributed by atoms with Gasteiger partial charge in [0.25, 0.3) is 0 Å². The maximum atomic E-state index is 12.7. The number of ether oxygens (including phenoxy) is 2. The summed E-state index contributed by atoms with van der Waals surface area (Å²) >= 11 is 0. The van der Waals surface area contributed by atoms with Crippen molar-refractivity contribution < 1.29 is 19.1 Å². The molecule has 282 valence electrons. The normalized spacial score (nSPS) is 15.6. The maximum absolute atomic E-state index is 12.7. The molecule has 0 aromatic rings. The van der Waals surface area contributed by atoms with E-state index in [9.17, 15) is 9.59 Å². The first-order valence-electron chi connectivity index (χ1n) is 21.1. The number of allylic oxidation sites excluding steroid dienone is 1. The van der Waals surface area contributed by atoms with Crippen LogP contribution in [0.2, 0.25) is 0 Å². The highest BCUT2D eigenvalue weighted by atomic mass is 16.5. The number of rotatable bonds is 35. The van der Waals surface area contributed by atoms with Crippen LogP contribution in [0.1, 0.15) is 200 Å². The summed E-state index contributed by atoms with van der Waals surface area (Å²) < 4.78 is 11.6. The second kappa shape index (κ2) is 32.8. The summed E-state index contributed by atoms with van der Waals surface area (Å²) in [4.78, 5) is 27.5. The molecule has 1 aliphatic heterocycles. The molecule has 1 aliphatic rings. The summed E-state index contributed by atoms with van der Waals surface area (Å²) in [5.41, 5.74) is 0. The van der Waals surface area contributed by atoms with Gasteiger partial charge >= 0.3 is 11.9 Å². The van der Waals surface area contributed by atoms with Crippen LogP contribution < -0.4 is 0 Å². The molecule has 1 saturated heterocycles. The largest absolute Gasteiger partial charge is 0.466 e. The molecule has 0 N–H and O–H groups in total. The van der Waals surface area contributed by atoms with Crippen LogP contribution in [0.5, 0.6) is 0 Å². The Bertz CT molecular complexity index is 739. The van der Waals surface area contributed by atoms with Gasteiger partial charge in [0.15, 0.2) is 0 Å². The average Bonchev–Trinajstić information content (AvgIpc) is 3.53. The summed E-state index contributed by atoms with van der Waals surface area (Å²) in [7, 11) is 2.08.